The summed E-state index contributed by atoms with van der Waals surface area (Å²) in [7, 11) is -2.93. The Hall–Kier alpha value is -9.46. The van der Waals surface area contributed by atoms with Gasteiger partial charge in [-0.3, -0.25) is 4.98 Å². The highest BCUT2D eigenvalue weighted by Gasteiger charge is 2.42. The first-order chi connectivity index (χ1) is 39.5. The van der Waals surface area contributed by atoms with Crippen LogP contribution in [0, 0.1) is 0 Å². The topological polar surface area (TPSA) is 27.7 Å². The van der Waals surface area contributed by atoms with Crippen molar-refractivity contribution in [1.29, 1.82) is 0 Å². The van der Waals surface area contributed by atoms with Gasteiger partial charge in [0.1, 0.15) is 0 Å². The van der Waals surface area contributed by atoms with Crippen molar-refractivity contribution in [3.05, 3.63) is 290 Å². The maximum atomic E-state index is 4.63. The SMILES string of the molecule is CC1(C)c2ccccc2Sc2c(-n3c4ccc(-n5c6ccccc6c6cnccc65)cc4c4cc(-c5cccc([Si](c6ccccc6)(c6ccccc6)c6ccccc6)c5)c5c(c6ccccc6n5-c5ccccc5)c43)cccc21. The highest BCUT2D eigenvalue weighted by molar-refractivity contribution is 7.99. The van der Waals surface area contributed by atoms with Crippen molar-refractivity contribution in [2.45, 2.75) is 29.1 Å². The molecule has 0 saturated carbocycles. The van der Waals surface area contributed by atoms with Crippen LogP contribution >= 0.6 is 11.8 Å². The number of rotatable bonds is 8. The zero-order valence-corrected chi connectivity index (χ0v) is 46.1. The van der Waals surface area contributed by atoms with Crippen molar-refractivity contribution in [2.75, 3.05) is 0 Å². The average Bonchev–Trinajstić information content (AvgIpc) is 4.27. The number of para-hydroxylation sites is 3. The average molecular weight is 1060 g/mol. The molecule has 4 nitrogen and oxygen atoms in total. The lowest BCUT2D eigenvalue weighted by Crippen LogP contribution is -2.74. The second-order valence-corrected chi connectivity index (χ2v) is 26.7. The van der Waals surface area contributed by atoms with Crippen LogP contribution in [-0.4, -0.2) is 26.8 Å². The summed E-state index contributed by atoms with van der Waals surface area (Å²) in [6.07, 6.45) is 3.93. The van der Waals surface area contributed by atoms with E-state index in [0.29, 0.717) is 0 Å². The van der Waals surface area contributed by atoms with Gasteiger partial charge in [0.05, 0.1) is 38.8 Å². The first-order valence-electron chi connectivity index (χ1n) is 27.6. The van der Waals surface area contributed by atoms with Crippen molar-refractivity contribution >= 4 is 106 Å². The van der Waals surface area contributed by atoms with Crippen LogP contribution in [0.4, 0.5) is 0 Å². The van der Waals surface area contributed by atoms with Crippen molar-refractivity contribution in [2.24, 2.45) is 0 Å². The van der Waals surface area contributed by atoms with Crippen LogP contribution in [0.15, 0.2) is 289 Å². The van der Waals surface area contributed by atoms with Gasteiger partial charge < -0.3 is 13.7 Å². The van der Waals surface area contributed by atoms with E-state index in [1.165, 1.54) is 96.4 Å². The van der Waals surface area contributed by atoms with Crippen LogP contribution in [0.2, 0.25) is 0 Å². The van der Waals surface area contributed by atoms with Crippen molar-refractivity contribution < 1.29 is 0 Å². The number of pyridine rings is 1. The van der Waals surface area contributed by atoms with E-state index in [-0.39, 0.29) is 5.41 Å². The quantitative estimate of drug-likeness (QED) is 0.112. The number of benzene rings is 11. The standard InChI is InChI=1S/C74H52N4SSi/c1-74(2)62-35-17-20-40-69(62)79-73-63(74)36-22-39-68(73)78-66-42-41-51(76-64-37-18-15-33-56(64)61-48-75-44-43-67(61)76)46-59(66)60-47-58(71-70(72(60)78)57-34-16-19-38-65(57)77(71)50-24-7-3-8-25-50)49-23-21-32-55(45-49)80(52-26-9-4-10-27-52,53-28-11-5-12-29-53)54-30-13-6-14-31-54/h3-48H,1-2H3. The lowest BCUT2D eigenvalue weighted by molar-refractivity contribution is 0.606. The summed E-state index contributed by atoms with van der Waals surface area (Å²) in [5, 5.41) is 12.5. The van der Waals surface area contributed by atoms with E-state index in [1.54, 1.807) is 0 Å². The minimum absolute atomic E-state index is 0.223. The molecule has 0 spiro atoms. The summed E-state index contributed by atoms with van der Waals surface area (Å²) in [4.78, 5) is 7.22. The van der Waals surface area contributed by atoms with E-state index < -0.39 is 8.07 Å². The van der Waals surface area contributed by atoms with Gasteiger partial charge in [-0.25, -0.2) is 0 Å². The van der Waals surface area contributed by atoms with Crippen LogP contribution in [-0.2, 0) is 5.41 Å². The van der Waals surface area contributed by atoms with Crippen molar-refractivity contribution in [3.8, 4) is 28.2 Å². The van der Waals surface area contributed by atoms with Crippen LogP contribution in [0.25, 0.3) is 93.6 Å². The summed E-state index contributed by atoms with van der Waals surface area (Å²) < 4.78 is 7.60. The Labute approximate surface area is 469 Å². The van der Waals surface area contributed by atoms with Gasteiger partial charge >= 0.3 is 0 Å². The predicted octanol–water partition coefficient (Wildman–Crippen LogP) is 16.2. The summed E-state index contributed by atoms with van der Waals surface area (Å²) >= 11 is 1.91. The van der Waals surface area contributed by atoms with Crippen molar-refractivity contribution in [1.82, 2.24) is 18.7 Å². The lowest BCUT2D eigenvalue weighted by Gasteiger charge is -2.35. The minimum atomic E-state index is -2.93. The molecular formula is C74H52N4SSi. The molecule has 11 aromatic carbocycles. The van der Waals surface area contributed by atoms with Crippen molar-refractivity contribution in [3.63, 3.8) is 0 Å². The zero-order chi connectivity index (χ0) is 53.1. The molecule has 16 rings (SSSR count). The first-order valence-corrected chi connectivity index (χ1v) is 30.4. The largest absolute Gasteiger partial charge is 0.309 e. The molecule has 4 aromatic heterocycles. The van der Waals surface area contributed by atoms with Crippen LogP contribution in [0.5, 0.6) is 0 Å². The molecule has 15 aromatic rings. The molecule has 378 valence electrons. The third kappa shape index (κ3) is 6.73. The van der Waals surface area contributed by atoms with E-state index in [9.17, 15) is 0 Å². The van der Waals surface area contributed by atoms with E-state index in [2.05, 4.69) is 299 Å². The molecule has 6 heteroatoms. The molecule has 0 radical (unpaired) electrons. The summed E-state index contributed by atoms with van der Waals surface area (Å²) in [6.45, 7) is 4.79. The molecule has 0 fully saturated rings. The van der Waals surface area contributed by atoms with Gasteiger partial charge in [-0.2, -0.15) is 0 Å². The summed E-state index contributed by atoms with van der Waals surface area (Å²) in [5.41, 5.74) is 15.2. The molecule has 1 aliphatic rings. The summed E-state index contributed by atoms with van der Waals surface area (Å²) in [5.74, 6) is 0. The second kappa shape index (κ2) is 18.0. The number of nitrogens with zero attached hydrogens (tertiary/aromatic N) is 4. The Bertz CT molecular complexity index is 4790. The maximum Gasteiger partial charge on any atom is 0.179 e. The molecule has 0 bridgehead atoms. The number of aromatic nitrogens is 4. The maximum absolute atomic E-state index is 4.63. The molecular weight excluding hydrogens is 1000 g/mol. The Morgan fingerprint density at radius 1 is 0.388 bits per heavy atom. The van der Waals surface area contributed by atoms with Gasteiger partial charge in [0.2, 0.25) is 0 Å². The normalized spacial score (nSPS) is 13.2. The third-order valence-corrected chi connectivity index (χ3v) is 23.3. The van der Waals surface area contributed by atoms with Gasteiger partial charge in [0, 0.05) is 76.9 Å². The van der Waals surface area contributed by atoms with Crippen LogP contribution < -0.4 is 20.7 Å². The van der Waals surface area contributed by atoms with Crippen LogP contribution in [0.1, 0.15) is 25.0 Å². The molecule has 0 unspecified atom stereocenters. The first kappa shape index (κ1) is 46.6. The molecule has 0 atom stereocenters. The van der Waals surface area contributed by atoms with Crippen LogP contribution in [0.3, 0.4) is 0 Å². The molecule has 5 heterocycles. The van der Waals surface area contributed by atoms with E-state index in [1.807, 2.05) is 24.2 Å². The Morgan fingerprint density at radius 2 is 0.963 bits per heavy atom. The molecule has 1 aliphatic heterocycles. The number of hydrogen-bond acceptors (Lipinski definition) is 2. The minimum Gasteiger partial charge on any atom is -0.309 e. The molecule has 0 amide bonds. The van der Waals surface area contributed by atoms with E-state index in [4.69, 9.17) is 0 Å². The fourth-order valence-corrected chi connectivity index (χ4v) is 20.1. The smallest absolute Gasteiger partial charge is 0.179 e. The van der Waals surface area contributed by atoms with E-state index in [0.717, 1.165) is 38.8 Å². The highest BCUT2D eigenvalue weighted by atomic mass is 32.2. The fourth-order valence-electron chi connectivity index (χ4n) is 13.8. The van der Waals surface area contributed by atoms with E-state index >= 15 is 0 Å². The fraction of sp³-hybridized carbons (Fsp3) is 0.0405. The van der Waals surface area contributed by atoms with Gasteiger partial charge in [0.25, 0.3) is 0 Å². The Kier molecular flexibility index (Phi) is 10.5. The molecule has 0 N–H and O–H groups in total. The number of hydrogen-bond donors (Lipinski definition) is 0. The monoisotopic (exact) mass is 1060 g/mol. The molecule has 0 aliphatic carbocycles. The highest BCUT2D eigenvalue weighted by Crippen LogP contribution is 2.53. The van der Waals surface area contributed by atoms with Gasteiger partial charge in [-0.15, -0.1) is 0 Å². The third-order valence-electron chi connectivity index (χ3n) is 17.3. The van der Waals surface area contributed by atoms with Gasteiger partial charge in [-0.05, 0) is 104 Å². The van der Waals surface area contributed by atoms with Gasteiger partial charge in [-0.1, -0.05) is 226 Å². The molecule has 0 saturated heterocycles. The summed E-state index contributed by atoms with van der Waals surface area (Å²) in [6, 6.07) is 100. The van der Waals surface area contributed by atoms with Gasteiger partial charge in [0.15, 0.2) is 8.07 Å². The zero-order valence-electron chi connectivity index (χ0n) is 44.3. The lowest BCUT2D eigenvalue weighted by atomic mass is 9.77. The Balaban J connectivity index is 1.08. The molecule has 80 heavy (non-hydrogen) atoms. The Morgan fingerprint density at radius 3 is 1.69 bits per heavy atom. The second-order valence-electron chi connectivity index (χ2n) is 21.8. The number of fused-ring (bicyclic) bond motifs is 12. The predicted molar refractivity (Wildman–Crippen MR) is 339 cm³/mol.